The third kappa shape index (κ3) is 4.32. The average Bonchev–Trinajstić information content (AvgIpc) is 3.37. The van der Waals surface area contributed by atoms with Gasteiger partial charge in [0.15, 0.2) is 0 Å². The van der Waals surface area contributed by atoms with Gasteiger partial charge in [0.1, 0.15) is 12.6 Å². The van der Waals surface area contributed by atoms with Crippen molar-refractivity contribution in [2.75, 3.05) is 31.3 Å². The van der Waals surface area contributed by atoms with Crippen molar-refractivity contribution in [3.63, 3.8) is 0 Å². The molecule has 1 saturated heterocycles. The number of ether oxygens (including phenoxy) is 1. The highest BCUT2D eigenvalue weighted by molar-refractivity contribution is 7.99. The largest absolute Gasteiger partial charge is 0.411 e. The fourth-order valence-corrected chi connectivity index (χ4v) is 3.79. The third-order valence-electron chi connectivity index (χ3n) is 4.51. The molecule has 27 heavy (non-hydrogen) atoms. The molecule has 1 aliphatic heterocycles. The summed E-state index contributed by atoms with van der Waals surface area (Å²) in [5.74, 6) is 1.34. The summed E-state index contributed by atoms with van der Waals surface area (Å²) in [6, 6.07) is 18.3. The molecule has 1 fully saturated rings. The van der Waals surface area contributed by atoms with E-state index in [0.717, 1.165) is 17.9 Å². The lowest BCUT2D eigenvalue weighted by molar-refractivity contribution is -0.697. The zero-order valence-electron chi connectivity index (χ0n) is 15.4. The standard InChI is InChI=1S/C20H22N4O2S/c1-24(2)16-10-8-15(9-11-16)18-21-12-17(25-18)13-27-20-23-22-19(26-20)14-6-4-3-5-7-14/h3-11,17-18,21H,12-13H2,1-2H3/p+1/t17-,18+/m0/s1. The Morgan fingerprint density at radius 3 is 2.59 bits per heavy atom. The topological polar surface area (TPSA) is 68.0 Å². The lowest BCUT2D eigenvalue weighted by Gasteiger charge is -2.14. The number of nitrogens with zero attached hydrogens (tertiary/aromatic N) is 3. The van der Waals surface area contributed by atoms with E-state index >= 15 is 0 Å². The summed E-state index contributed by atoms with van der Waals surface area (Å²) in [7, 11) is 4.09. The molecule has 2 aromatic carbocycles. The van der Waals surface area contributed by atoms with E-state index in [4.69, 9.17) is 9.15 Å². The van der Waals surface area contributed by atoms with Crippen LogP contribution < -0.4 is 10.2 Å². The zero-order chi connectivity index (χ0) is 18.6. The molecule has 0 unspecified atom stereocenters. The van der Waals surface area contributed by atoms with E-state index in [0.29, 0.717) is 11.1 Å². The smallest absolute Gasteiger partial charge is 0.276 e. The summed E-state index contributed by atoms with van der Waals surface area (Å²) in [5, 5.41) is 11.1. The Kier molecular flexibility index (Phi) is 5.42. The van der Waals surface area contributed by atoms with E-state index in [1.807, 2.05) is 44.4 Å². The van der Waals surface area contributed by atoms with Gasteiger partial charge in [-0.2, -0.15) is 0 Å². The van der Waals surface area contributed by atoms with E-state index < -0.39 is 0 Å². The molecule has 140 valence electrons. The number of aromatic nitrogens is 2. The predicted octanol–water partition coefficient (Wildman–Crippen LogP) is 2.56. The highest BCUT2D eigenvalue weighted by atomic mass is 32.2. The van der Waals surface area contributed by atoms with Crippen molar-refractivity contribution in [2.24, 2.45) is 0 Å². The van der Waals surface area contributed by atoms with Crippen molar-refractivity contribution in [3.8, 4) is 11.5 Å². The maximum Gasteiger partial charge on any atom is 0.276 e. The number of rotatable bonds is 6. The molecule has 0 aliphatic carbocycles. The van der Waals surface area contributed by atoms with Crippen molar-refractivity contribution in [2.45, 2.75) is 17.6 Å². The van der Waals surface area contributed by atoms with Gasteiger partial charge in [0.2, 0.25) is 12.1 Å². The third-order valence-corrected chi connectivity index (χ3v) is 5.46. The molecule has 0 amide bonds. The first-order chi connectivity index (χ1) is 13.2. The highest BCUT2D eigenvalue weighted by Gasteiger charge is 2.30. The molecule has 3 aromatic rings. The number of anilines is 1. The van der Waals surface area contributed by atoms with Gasteiger partial charge < -0.3 is 19.4 Å². The van der Waals surface area contributed by atoms with Crippen molar-refractivity contribution < 1.29 is 14.5 Å². The molecular weight excluding hydrogens is 360 g/mol. The average molecular weight is 383 g/mol. The van der Waals surface area contributed by atoms with Gasteiger partial charge in [0, 0.05) is 36.7 Å². The first-order valence-corrected chi connectivity index (χ1v) is 9.95. The SMILES string of the molecule is CN(C)c1ccc([C@@H]2[NH2+]C[C@@H](CSc3nnc(-c4ccccc4)o3)O2)cc1. The van der Waals surface area contributed by atoms with E-state index in [9.17, 15) is 0 Å². The van der Waals surface area contributed by atoms with Crippen LogP contribution in [0.5, 0.6) is 0 Å². The normalized spacial score (nSPS) is 19.3. The van der Waals surface area contributed by atoms with Crippen molar-refractivity contribution in [3.05, 3.63) is 60.2 Å². The van der Waals surface area contributed by atoms with E-state index in [1.54, 1.807) is 11.8 Å². The second kappa shape index (κ2) is 8.12. The molecule has 1 aromatic heterocycles. The minimum atomic E-state index is 0.0503. The Hall–Kier alpha value is -2.35. The van der Waals surface area contributed by atoms with Gasteiger partial charge in [0.25, 0.3) is 5.22 Å². The van der Waals surface area contributed by atoms with Crippen molar-refractivity contribution in [1.82, 2.24) is 10.2 Å². The molecule has 0 spiro atoms. The van der Waals surface area contributed by atoms with Crippen LogP contribution in [-0.2, 0) is 4.74 Å². The number of thioether (sulfide) groups is 1. The summed E-state index contributed by atoms with van der Waals surface area (Å²) in [5.41, 5.74) is 3.32. The van der Waals surface area contributed by atoms with Gasteiger partial charge in [-0.05, 0) is 36.4 Å². The van der Waals surface area contributed by atoms with Crippen molar-refractivity contribution >= 4 is 17.4 Å². The molecule has 2 atom stereocenters. The first-order valence-electron chi connectivity index (χ1n) is 8.97. The maximum atomic E-state index is 6.18. The van der Waals surface area contributed by atoms with Gasteiger partial charge in [-0.1, -0.05) is 30.0 Å². The number of quaternary nitrogens is 1. The summed E-state index contributed by atoms with van der Waals surface area (Å²) in [6.07, 6.45) is 0.204. The monoisotopic (exact) mass is 383 g/mol. The molecule has 6 nitrogen and oxygen atoms in total. The number of hydrogen-bond donors (Lipinski definition) is 1. The van der Waals surface area contributed by atoms with Crippen molar-refractivity contribution in [1.29, 1.82) is 0 Å². The van der Waals surface area contributed by atoms with Crippen LogP contribution in [0, 0.1) is 0 Å². The van der Waals surface area contributed by atoms with Gasteiger partial charge >= 0.3 is 0 Å². The van der Waals surface area contributed by atoms with E-state index in [-0.39, 0.29) is 12.3 Å². The van der Waals surface area contributed by atoms with Crippen LogP contribution in [0.1, 0.15) is 11.8 Å². The Morgan fingerprint density at radius 2 is 1.85 bits per heavy atom. The molecule has 0 saturated carbocycles. The van der Waals surface area contributed by atoms with Crippen LogP contribution in [0.2, 0.25) is 0 Å². The Labute approximate surface area is 162 Å². The molecular formula is C20H23N4O2S+. The highest BCUT2D eigenvalue weighted by Crippen LogP contribution is 2.26. The zero-order valence-corrected chi connectivity index (χ0v) is 16.2. The van der Waals surface area contributed by atoms with Crippen LogP contribution in [0.4, 0.5) is 5.69 Å². The first kappa shape index (κ1) is 18.0. The Bertz CT molecular complexity index is 867. The second-order valence-corrected chi connectivity index (χ2v) is 7.66. The second-order valence-electron chi connectivity index (χ2n) is 6.69. The Balaban J connectivity index is 1.31. The maximum absolute atomic E-state index is 6.18. The van der Waals surface area contributed by atoms with E-state index in [2.05, 4.69) is 44.7 Å². The van der Waals surface area contributed by atoms with Crippen LogP contribution in [0.3, 0.4) is 0 Å². The van der Waals surface area contributed by atoms with Gasteiger partial charge in [-0.3, -0.25) is 0 Å². The lowest BCUT2D eigenvalue weighted by atomic mass is 10.2. The van der Waals surface area contributed by atoms with Gasteiger partial charge in [0.05, 0.1) is 0 Å². The summed E-state index contributed by atoms with van der Waals surface area (Å²) in [6.45, 7) is 0.923. The minimum absolute atomic E-state index is 0.0503. The number of nitrogens with two attached hydrogens (primary N) is 1. The Morgan fingerprint density at radius 1 is 1.07 bits per heavy atom. The van der Waals surface area contributed by atoms with Gasteiger partial charge in [-0.15, -0.1) is 10.2 Å². The number of benzene rings is 2. The molecule has 1 aliphatic rings. The summed E-state index contributed by atoms with van der Waals surface area (Å²) >= 11 is 1.54. The molecule has 7 heteroatoms. The molecule has 2 N–H and O–H groups in total. The lowest BCUT2D eigenvalue weighted by Crippen LogP contribution is -2.82. The minimum Gasteiger partial charge on any atom is -0.411 e. The van der Waals surface area contributed by atoms with Crippen LogP contribution in [0.15, 0.2) is 64.2 Å². The molecule has 2 heterocycles. The predicted molar refractivity (Wildman–Crippen MR) is 106 cm³/mol. The molecule has 0 bridgehead atoms. The van der Waals surface area contributed by atoms with E-state index in [1.165, 1.54) is 11.3 Å². The van der Waals surface area contributed by atoms with Crippen LogP contribution >= 0.6 is 11.8 Å². The summed E-state index contributed by atoms with van der Waals surface area (Å²) < 4.78 is 11.9. The quantitative estimate of drug-likeness (QED) is 0.660. The fraction of sp³-hybridized carbons (Fsp3) is 0.300. The van der Waals surface area contributed by atoms with Gasteiger partial charge in [-0.25, -0.2) is 0 Å². The summed E-state index contributed by atoms with van der Waals surface area (Å²) in [4.78, 5) is 2.09. The molecule has 4 rings (SSSR count). The fourth-order valence-electron chi connectivity index (χ4n) is 3.01. The number of hydrogen-bond acceptors (Lipinski definition) is 6. The van der Waals surface area contributed by atoms with Crippen LogP contribution in [-0.4, -0.2) is 42.7 Å². The molecule has 0 radical (unpaired) electrons. The van der Waals surface area contributed by atoms with Crippen LogP contribution in [0.25, 0.3) is 11.5 Å².